The van der Waals surface area contributed by atoms with Gasteiger partial charge in [0.15, 0.2) is 0 Å². The van der Waals surface area contributed by atoms with Crippen molar-refractivity contribution in [2.45, 2.75) is 44.3 Å². The third-order valence-electron chi connectivity index (χ3n) is 4.02. The number of nitrogens with zero attached hydrogens (tertiary/aromatic N) is 1. The predicted molar refractivity (Wildman–Crippen MR) is 74.9 cm³/mol. The molecule has 0 unspecified atom stereocenters. The van der Waals surface area contributed by atoms with Gasteiger partial charge in [0.05, 0.1) is 18.2 Å². The van der Waals surface area contributed by atoms with E-state index >= 15 is 0 Å². The maximum Gasteiger partial charge on any atom is 0.0705 e. The lowest BCUT2D eigenvalue weighted by Gasteiger charge is -2.25. The maximum atomic E-state index is 9.77. The molecule has 0 aliphatic heterocycles. The summed E-state index contributed by atoms with van der Waals surface area (Å²) in [4.78, 5) is 4.72. The Morgan fingerprint density at radius 1 is 1.16 bits per heavy atom. The van der Waals surface area contributed by atoms with Gasteiger partial charge in [0, 0.05) is 17.0 Å². The number of aliphatic hydroxyl groups is 2. The zero-order valence-corrected chi connectivity index (χ0v) is 10.9. The van der Waals surface area contributed by atoms with E-state index in [1.54, 1.807) is 0 Å². The van der Waals surface area contributed by atoms with E-state index in [1.807, 2.05) is 18.2 Å². The first kappa shape index (κ1) is 12.6. The lowest BCUT2D eigenvalue weighted by molar-refractivity contribution is 0.119. The summed E-state index contributed by atoms with van der Waals surface area (Å²) in [6, 6.07) is 9.98. The summed E-state index contributed by atoms with van der Waals surface area (Å²) in [6.07, 6.45) is 3.77. The van der Waals surface area contributed by atoms with E-state index in [-0.39, 0.29) is 12.7 Å². The summed E-state index contributed by atoms with van der Waals surface area (Å²) >= 11 is 0. The van der Waals surface area contributed by atoms with Crippen LogP contribution in [-0.2, 0) is 6.61 Å². The molecule has 0 spiro atoms. The molecule has 3 nitrogen and oxygen atoms in total. The van der Waals surface area contributed by atoms with Gasteiger partial charge in [0.25, 0.3) is 0 Å². The number of hydrogen-bond donors (Lipinski definition) is 2. The Hall–Kier alpha value is -1.45. The Bertz CT molecular complexity index is 582. The second-order valence-corrected chi connectivity index (χ2v) is 5.44. The SMILES string of the molecule is OCc1ccc2nc([C@@H]3CCC[C@@H](O)C3)ccc2c1. The van der Waals surface area contributed by atoms with Crippen molar-refractivity contribution in [3.8, 4) is 0 Å². The molecule has 1 heterocycles. The van der Waals surface area contributed by atoms with Crippen molar-refractivity contribution >= 4 is 10.9 Å². The molecule has 19 heavy (non-hydrogen) atoms. The quantitative estimate of drug-likeness (QED) is 0.869. The molecule has 1 aliphatic carbocycles. The van der Waals surface area contributed by atoms with Crippen LogP contribution in [0.1, 0.15) is 42.9 Å². The van der Waals surface area contributed by atoms with Gasteiger partial charge in [-0.1, -0.05) is 18.6 Å². The first-order chi connectivity index (χ1) is 9.26. The van der Waals surface area contributed by atoms with Gasteiger partial charge in [-0.3, -0.25) is 4.98 Å². The fourth-order valence-corrected chi connectivity index (χ4v) is 2.95. The standard InChI is InChI=1S/C16H19NO2/c18-10-11-4-6-15-13(8-11)5-7-16(17-15)12-2-1-3-14(19)9-12/h4-8,12,14,18-19H,1-3,9-10H2/t12-,14-/m1/s1. The average Bonchev–Trinajstić information content (AvgIpc) is 2.46. The Kier molecular flexibility index (Phi) is 3.49. The van der Waals surface area contributed by atoms with Gasteiger partial charge in [0.2, 0.25) is 0 Å². The zero-order chi connectivity index (χ0) is 13.2. The van der Waals surface area contributed by atoms with E-state index in [0.717, 1.165) is 47.8 Å². The minimum Gasteiger partial charge on any atom is -0.393 e. The number of aromatic nitrogens is 1. The summed E-state index contributed by atoms with van der Waals surface area (Å²) in [5, 5.41) is 20.0. The van der Waals surface area contributed by atoms with Crippen LogP contribution in [0.5, 0.6) is 0 Å². The van der Waals surface area contributed by atoms with E-state index in [9.17, 15) is 5.11 Å². The van der Waals surface area contributed by atoms with Crippen LogP contribution in [0.4, 0.5) is 0 Å². The molecule has 100 valence electrons. The smallest absolute Gasteiger partial charge is 0.0705 e. The molecule has 1 aromatic heterocycles. The Labute approximate surface area is 112 Å². The number of rotatable bonds is 2. The normalized spacial score (nSPS) is 23.7. The van der Waals surface area contributed by atoms with E-state index in [2.05, 4.69) is 12.1 Å². The van der Waals surface area contributed by atoms with Crippen LogP contribution in [-0.4, -0.2) is 21.3 Å². The Balaban J connectivity index is 1.93. The van der Waals surface area contributed by atoms with Gasteiger partial charge < -0.3 is 10.2 Å². The van der Waals surface area contributed by atoms with Crippen molar-refractivity contribution < 1.29 is 10.2 Å². The van der Waals surface area contributed by atoms with Crippen molar-refractivity contribution in [2.24, 2.45) is 0 Å². The maximum absolute atomic E-state index is 9.77. The molecule has 3 heteroatoms. The number of benzene rings is 1. The average molecular weight is 257 g/mol. The van der Waals surface area contributed by atoms with Gasteiger partial charge in [-0.2, -0.15) is 0 Å². The fraction of sp³-hybridized carbons (Fsp3) is 0.438. The minimum absolute atomic E-state index is 0.0620. The van der Waals surface area contributed by atoms with Crippen molar-refractivity contribution in [1.29, 1.82) is 0 Å². The highest BCUT2D eigenvalue weighted by molar-refractivity contribution is 5.79. The summed E-state index contributed by atoms with van der Waals surface area (Å²) in [7, 11) is 0. The summed E-state index contributed by atoms with van der Waals surface area (Å²) in [5.74, 6) is 0.380. The fourth-order valence-electron chi connectivity index (χ4n) is 2.95. The highest BCUT2D eigenvalue weighted by Crippen LogP contribution is 2.32. The molecule has 0 bridgehead atoms. The van der Waals surface area contributed by atoms with Crippen LogP contribution < -0.4 is 0 Å². The predicted octanol–water partition coefficient (Wildman–Crippen LogP) is 2.75. The minimum atomic E-state index is -0.173. The monoisotopic (exact) mass is 257 g/mol. The number of hydrogen-bond acceptors (Lipinski definition) is 3. The second kappa shape index (κ2) is 5.27. The molecule has 0 radical (unpaired) electrons. The van der Waals surface area contributed by atoms with E-state index < -0.39 is 0 Å². The van der Waals surface area contributed by atoms with Crippen LogP contribution >= 0.6 is 0 Å². The van der Waals surface area contributed by atoms with Crippen LogP contribution in [0.3, 0.4) is 0 Å². The highest BCUT2D eigenvalue weighted by atomic mass is 16.3. The number of pyridine rings is 1. The van der Waals surface area contributed by atoms with Crippen LogP contribution in [0, 0.1) is 0 Å². The summed E-state index contributed by atoms with van der Waals surface area (Å²) < 4.78 is 0. The molecule has 2 atom stereocenters. The van der Waals surface area contributed by atoms with E-state index in [0.29, 0.717) is 5.92 Å². The van der Waals surface area contributed by atoms with Gasteiger partial charge in [0.1, 0.15) is 0 Å². The van der Waals surface area contributed by atoms with Crippen LogP contribution in [0.25, 0.3) is 10.9 Å². The molecule has 0 saturated heterocycles. The van der Waals surface area contributed by atoms with Crippen LogP contribution in [0.2, 0.25) is 0 Å². The van der Waals surface area contributed by atoms with Crippen molar-refractivity contribution in [3.63, 3.8) is 0 Å². The molecule has 2 N–H and O–H groups in total. The number of aliphatic hydroxyl groups excluding tert-OH is 2. The third-order valence-corrected chi connectivity index (χ3v) is 4.02. The second-order valence-electron chi connectivity index (χ2n) is 5.44. The first-order valence-corrected chi connectivity index (χ1v) is 6.95. The van der Waals surface area contributed by atoms with E-state index in [1.165, 1.54) is 0 Å². The molecule has 0 amide bonds. The number of fused-ring (bicyclic) bond motifs is 1. The molecule has 2 aromatic rings. The van der Waals surface area contributed by atoms with E-state index in [4.69, 9.17) is 10.1 Å². The van der Waals surface area contributed by atoms with Gasteiger partial charge in [-0.05, 0) is 43.0 Å². The summed E-state index contributed by atoms with van der Waals surface area (Å²) in [6.45, 7) is 0.0620. The Morgan fingerprint density at radius 3 is 2.84 bits per heavy atom. The molecule has 1 saturated carbocycles. The molecule has 1 fully saturated rings. The lowest BCUT2D eigenvalue weighted by atomic mass is 9.85. The highest BCUT2D eigenvalue weighted by Gasteiger charge is 2.22. The van der Waals surface area contributed by atoms with Gasteiger partial charge in [-0.25, -0.2) is 0 Å². The van der Waals surface area contributed by atoms with Crippen molar-refractivity contribution in [3.05, 3.63) is 41.6 Å². The topological polar surface area (TPSA) is 53.4 Å². The largest absolute Gasteiger partial charge is 0.393 e. The first-order valence-electron chi connectivity index (χ1n) is 6.95. The Morgan fingerprint density at radius 2 is 2.05 bits per heavy atom. The molecular formula is C16H19NO2. The molecule has 1 aromatic carbocycles. The van der Waals surface area contributed by atoms with Crippen LogP contribution in [0.15, 0.2) is 30.3 Å². The van der Waals surface area contributed by atoms with Gasteiger partial charge in [-0.15, -0.1) is 0 Å². The summed E-state index contributed by atoms with van der Waals surface area (Å²) in [5.41, 5.74) is 2.97. The molecule has 3 rings (SSSR count). The third kappa shape index (κ3) is 2.62. The van der Waals surface area contributed by atoms with Crippen molar-refractivity contribution in [2.75, 3.05) is 0 Å². The van der Waals surface area contributed by atoms with Gasteiger partial charge >= 0.3 is 0 Å². The lowest BCUT2D eigenvalue weighted by Crippen LogP contribution is -2.18. The zero-order valence-electron chi connectivity index (χ0n) is 10.9. The molecular weight excluding hydrogens is 238 g/mol. The molecule has 1 aliphatic rings. The van der Waals surface area contributed by atoms with Crippen molar-refractivity contribution in [1.82, 2.24) is 4.98 Å².